The van der Waals surface area contributed by atoms with Crippen molar-refractivity contribution in [3.8, 4) is 11.1 Å². The van der Waals surface area contributed by atoms with Crippen LogP contribution >= 0.6 is 0 Å². The first-order chi connectivity index (χ1) is 13.1. The lowest BCUT2D eigenvalue weighted by Crippen LogP contribution is -2.47. The summed E-state index contributed by atoms with van der Waals surface area (Å²) in [5.74, 6) is -0.799. The molecule has 5 rings (SSSR count). The Kier molecular flexibility index (Phi) is 3.39. The van der Waals surface area contributed by atoms with E-state index in [1.54, 1.807) is 0 Å². The SMILES string of the molecule is O=C(NC1(C2(C(=O)O)CC2)CC1)OCC1c2ccccc2-c2ccccc21. The second-order valence-electron chi connectivity index (χ2n) is 7.92. The Bertz CT molecular complexity index is 897. The highest BCUT2D eigenvalue weighted by Gasteiger charge is 2.71. The first-order valence-electron chi connectivity index (χ1n) is 9.43. The number of fused-ring (bicyclic) bond motifs is 3. The van der Waals surface area contributed by atoms with E-state index in [1.165, 1.54) is 11.1 Å². The van der Waals surface area contributed by atoms with Crippen molar-refractivity contribution in [2.24, 2.45) is 5.41 Å². The molecule has 27 heavy (non-hydrogen) atoms. The van der Waals surface area contributed by atoms with E-state index in [-0.39, 0.29) is 12.5 Å². The van der Waals surface area contributed by atoms with E-state index in [9.17, 15) is 14.7 Å². The third kappa shape index (κ3) is 2.37. The Hall–Kier alpha value is -2.82. The van der Waals surface area contributed by atoms with Crippen LogP contribution in [0, 0.1) is 5.41 Å². The van der Waals surface area contributed by atoms with E-state index in [0.717, 1.165) is 11.1 Å². The third-order valence-corrected chi connectivity index (χ3v) is 6.51. The number of carbonyl (C=O) groups excluding carboxylic acids is 1. The molecule has 0 unspecified atom stereocenters. The number of carboxylic acids is 1. The van der Waals surface area contributed by atoms with Crippen molar-refractivity contribution >= 4 is 12.1 Å². The summed E-state index contributed by atoms with van der Waals surface area (Å²) in [6.45, 7) is 0.246. The molecule has 0 atom stereocenters. The fourth-order valence-corrected chi connectivity index (χ4v) is 4.70. The lowest BCUT2D eigenvalue weighted by atomic mass is 9.94. The van der Waals surface area contributed by atoms with Gasteiger partial charge in [0.2, 0.25) is 0 Å². The van der Waals surface area contributed by atoms with Crippen LogP contribution < -0.4 is 5.32 Å². The normalized spacial score (nSPS) is 20.3. The van der Waals surface area contributed by atoms with Gasteiger partial charge in [-0.2, -0.15) is 0 Å². The van der Waals surface area contributed by atoms with Gasteiger partial charge in [-0.15, -0.1) is 0 Å². The van der Waals surface area contributed by atoms with Crippen LogP contribution in [0.15, 0.2) is 48.5 Å². The van der Waals surface area contributed by atoms with Gasteiger partial charge in [-0.05, 0) is 47.9 Å². The first kappa shape index (κ1) is 16.4. The predicted molar refractivity (Wildman–Crippen MR) is 99.5 cm³/mol. The van der Waals surface area contributed by atoms with E-state index in [2.05, 4.69) is 29.6 Å². The van der Waals surface area contributed by atoms with Crippen LogP contribution in [0.4, 0.5) is 4.79 Å². The molecule has 3 aliphatic rings. The summed E-state index contributed by atoms with van der Waals surface area (Å²) in [7, 11) is 0. The number of rotatable bonds is 5. The molecule has 0 bridgehead atoms. The molecule has 0 spiro atoms. The predicted octanol–water partition coefficient (Wildman–Crippen LogP) is 3.92. The molecule has 3 aliphatic carbocycles. The van der Waals surface area contributed by atoms with Crippen molar-refractivity contribution in [1.82, 2.24) is 5.32 Å². The van der Waals surface area contributed by atoms with Gasteiger partial charge in [-0.25, -0.2) is 4.79 Å². The smallest absolute Gasteiger partial charge is 0.407 e. The van der Waals surface area contributed by atoms with Crippen molar-refractivity contribution in [3.63, 3.8) is 0 Å². The number of carbonyl (C=O) groups is 2. The number of carboxylic acid groups (broad SMARTS) is 1. The highest BCUT2D eigenvalue weighted by molar-refractivity contribution is 5.83. The maximum atomic E-state index is 12.5. The molecule has 2 saturated carbocycles. The lowest BCUT2D eigenvalue weighted by Gasteiger charge is -2.24. The van der Waals surface area contributed by atoms with Gasteiger partial charge < -0.3 is 15.2 Å². The Morgan fingerprint density at radius 3 is 2.00 bits per heavy atom. The van der Waals surface area contributed by atoms with Gasteiger partial charge >= 0.3 is 12.1 Å². The van der Waals surface area contributed by atoms with Crippen molar-refractivity contribution < 1.29 is 19.4 Å². The Morgan fingerprint density at radius 2 is 1.52 bits per heavy atom. The van der Waals surface area contributed by atoms with Crippen molar-refractivity contribution in [3.05, 3.63) is 59.7 Å². The maximum Gasteiger partial charge on any atom is 0.407 e. The minimum atomic E-state index is -0.807. The van der Waals surface area contributed by atoms with E-state index in [1.807, 2.05) is 24.3 Å². The zero-order valence-corrected chi connectivity index (χ0v) is 14.9. The van der Waals surface area contributed by atoms with Crippen LogP contribution in [-0.4, -0.2) is 29.3 Å². The molecule has 0 heterocycles. The maximum absolute atomic E-state index is 12.5. The summed E-state index contributed by atoms with van der Waals surface area (Å²) >= 11 is 0. The molecule has 5 nitrogen and oxygen atoms in total. The average Bonchev–Trinajstić information content (AvgIpc) is 3.58. The van der Waals surface area contributed by atoms with Gasteiger partial charge in [0.1, 0.15) is 6.61 Å². The number of amides is 1. The zero-order chi connectivity index (χ0) is 18.6. The summed E-state index contributed by atoms with van der Waals surface area (Å²) in [5.41, 5.74) is 3.31. The molecule has 0 aromatic heterocycles. The van der Waals surface area contributed by atoms with Gasteiger partial charge in [0.05, 0.1) is 11.0 Å². The Balaban J connectivity index is 1.31. The molecule has 1 amide bonds. The fourth-order valence-electron chi connectivity index (χ4n) is 4.70. The lowest BCUT2D eigenvalue weighted by molar-refractivity contribution is -0.145. The highest BCUT2D eigenvalue weighted by atomic mass is 16.5. The molecule has 2 aromatic rings. The van der Waals surface area contributed by atoms with E-state index in [0.29, 0.717) is 25.7 Å². The largest absolute Gasteiger partial charge is 0.481 e. The van der Waals surface area contributed by atoms with Gasteiger partial charge in [-0.3, -0.25) is 4.79 Å². The summed E-state index contributed by atoms with van der Waals surface area (Å²) in [6.07, 6.45) is 2.17. The average molecular weight is 363 g/mol. The summed E-state index contributed by atoms with van der Waals surface area (Å²) < 4.78 is 5.58. The van der Waals surface area contributed by atoms with Crippen LogP contribution in [0.3, 0.4) is 0 Å². The van der Waals surface area contributed by atoms with Gasteiger partial charge in [0.25, 0.3) is 0 Å². The number of benzene rings is 2. The van der Waals surface area contributed by atoms with Crippen molar-refractivity contribution in [2.75, 3.05) is 6.61 Å². The summed E-state index contributed by atoms with van der Waals surface area (Å²) in [4.78, 5) is 24.1. The van der Waals surface area contributed by atoms with Crippen LogP contribution in [0.5, 0.6) is 0 Å². The van der Waals surface area contributed by atoms with E-state index >= 15 is 0 Å². The number of aliphatic carboxylic acids is 1. The van der Waals surface area contributed by atoms with Gasteiger partial charge in [0, 0.05) is 5.92 Å². The van der Waals surface area contributed by atoms with Crippen LogP contribution in [0.25, 0.3) is 11.1 Å². The standard InChI is InChI=1S/C22H21NO4/c24-19(25)21(9-10-21)22(11-12-22)23-20(26)27-13-18-16-7-3-1-5-14(16)15-6-2-4-8-17(15)18/h1-8,18H,9-13H2,(H,23,26)(H,24,25). The fraction of sp³-hybridized carbons (Fsp3) is 0.364. The number of hydrogen-bond donors (Lipinski definition) is 2. The number of alkyl carbamates (subject to hydrolysis) is 1. The number of nitrogens with one attached hydrogen (secondary N) is 1. The van der Waals surface area contributed by atoms with Crippen LogP contribution in [0.2, 0.25) is 0 Å². The highest BCUT2D eigenvalue weighted by Crippen LogP contribution is 2.64. The van der Waals surface area contributed by atoms with Gasteiger partial charge in [0.15, 0.2) is 0 Å². The number of hydrogen-bond acceptors (Lipinski definition) is 3. The van der Waals surface area contributed by atoms with Crippen molar-refractivity contribution in [1.29, 1.82) is 0 Å². The second kappa shape index (κ2) is 5.59. The summed E-state index contributed by atoms with van der Waals surface area (Å²) in [5, 5.41) is 12.4. The van der Waals surface area contributed by atoms with Gasteiger partial charge in [-0.1, -0.05) is 48.5 Å². The molecule has 0 radical (unpaired) electrons. The molecular weight excluding hydrogens is 342 g/mol. The third-order valence-electron chi connectivity index (χ3n) is 6.51. The monoisotopic (exact) mass is 363 g/mol. The minimum absolute atomic E-state index is 0.00709. The quantitative estimate of drug-likeness (QED) is 0.844. The first-order valence-corrected chi connectivity index (χ1v) is 9.43. The van der Waals surface area contributed by atoms with Crippen molar-refractivity contribution in [2.45, 2.75) is 37.1 Å². The topological polar surface area (TPSA) is 75.6 Å². The number of ether oxygens (including phenoxy) is 1. The Morgan fingerprint density at radius 1 is 0.963 bits per heavy atom. The van der Waals surface area contributed by atoms with E-state index in [4.69, 9.17) is 4.74 Å². The summed E-state index contributed by atoms with van der Waals surface area (Å²) in [6, 6.07) is 16.4. The van der Waals surface area contributed by atoms with E-state index < -0.39 is 23.0 Å². The molecular formula is C22H21NO4. The Labute approximate surface area is 157 Å². The molecule has 2 fully saturated rings. The second-order valence-corrected chi connectivity index (χ2v) is 7.92. The molecule has 2 N–H and O–H groups in total. The molecule has 0 aliphatic heterocycles. The van der Waals surface area contributed by atoms with Crippen LogP contribution in [-0.2, 0) is 9.53 Å². The molecule has 138 valence electrons. The zero-order valence-electron chi connectivity index (χ0n) is 14.9. The van der Waals surface area contributed by atoms with Crippen LogP contribution in [0.1, 0.15) is 42.7 Å². The molecule has 2 aromatic carbocycles. The molecule has 5 heteroatoms. The minimum Gasteiger partial charge on any atom is -0.481 e. The molecule has 0 saturated heterocycles.